The molecule has 416 valence electrons. The van der Waals surface area contributed by atoms with Crippen molar-refractivity contribution >= 4 is 23.1 Å². The lowest BCUT2D eigenvalue weighted by atomic mass is 9.86. The molecule has 0 unspecified atom stereocenters. The van der Waals surface area contributed by atoms with Gasteiger partial charge in [-0.1, -0.05) is 113 Å². The van der Waals surface area contributed by atoms with Gasteiger partial charge in [-0.05, 0) is 135 Å². The van der Waals surface area contributed by atoms with E-state index >= 15 is 0 Å². The third-order valence-electron chi connectivity index (χ3n) is 14.5. The molecular weight excluding hydrogens is 995 g/mol. The number of fused-ring (bicyclic) bond motifs is 4. The fourth-order valence-corrected chi connectivity index (χ4v) is 9.53. The van der Waals surface area contributed by atoms with Crippen LogP contribution in [0.2, 0.25) is 0 Å². The van der Waals surface area contributed by atoms with Gasteiger partial charge in [0.2, 0.25) is 5.95 Å². The van der Waals surface area contributed by atoms with E-state index in [1.165, 1.54) is 44.5 Å². The third-order valence-corrected chi connectivity index (χ3v) is 14.5. The lowest BCUT2D eigenvalue weighted by Crippen LogP contribution is -2.33. The van der Waals surface area contributed by atoms with Crippen LogP contribution >= 0.6 is 0 Å². The van der Waals surface area contributed by atoms with Gasteiger partial charge in [0.05, 0.1) is 25.0 Å². The van der Waals surface area contributed by atoms with E-state index in [9.17, 15) is 0 Å². The molecule has 0 fully saturated rings. The molecule has 13 nitrogen and oxygen atoms in total. The number of ether oxygens (including phenoxy) is 4. The predicted octanol–water partition coefficient (Wildman–Crippen LogP) is 14.3. The van der Waals surface area contributed by atoms with Gasteiger partial charge in [0, 0.05) is 78.2 Å². The van der Waals surface area contributed by atoms with Crippen molar-refractivity contribution in [3.63, 3.8) is 0 Å². The van der Waals surface area contributed by atoms with E-state index in [-0.39, 0.29) is 21.7 Å². The summed E-state index contributed by atoms with van der Waals surface area (Å²) in [6.07, 6.45) is 12.6. The van der Waals surface area contributed by atoms with Crippen LogP contribution in [-0.2, 0) is 47.8 Å². The van der Waals surface area contributed by atoms with E-state index in [1.807, 2.05) is 72.2 Å². The molecule has 13 heteroatoms. The van der Waals surface area contributed by atoms with E-state index in [2.05, 4.69) is 202 Å². The molecule has 0 N–H and O–H groups in total. The maximum atomic E-state index is 5.86. The highest BCUT2D eigenvalue weighted by molar-refractivity contribution is 5.52. The summed E-state index contributed by atoms with van der Waals surface area (Å²) in [5, 5.41) is 0. The van der Waals surface area contributed by atoms with Gasteiger partial charge in [-0.15, -0.1) is 0 Å². The van der Waals surface area contributed by atoms with Crippen molar-refractivity contribution in [1.29, 1.82) is 0 Å². The summed E-state index contributed by atoms with van der Waals surface area (Å²) in [5.74, 6) is 5.62. The van der Waals surface area contributed by atoms with E-state index in [0.29, 0.717) is 32.9 Å². The predicted molar refractivity (Wildman–Crippen MR) is 322 cm³/mol. The van der Waals surface area contributed by atoms with E-state index in [0.717, 1.165) is 66.4 Å². The van der Waals surface area contributed by atoms with Gasteiger partial charge in [-0.3, -0.25) is 9.97 Å². The first-order valence-electron chi connectivity index (χ1n) is 27.7. The van der Waals surface area contributed by atoms with Crippen LogP contribution in [0.5, 0.6) is 23.0 Å². The zero-order valence-corrected chi connectivity index (χ0v) is 48.9. The summed E-state index contributed by atoms with van der Waals surface area (Å²) in [6, 6.07) is 41.8. The molecule has 4 aromatic carbocycles. The number of anilines is 4. The lowest BCUT2D eigenvalue weighted by Gasteiger charge is -2.32. The second kappa shape index (κ2) is 24.0. The Morgan fingerprint density at radius 1 is 0.338 bits per heavy atom. The second-order valence-corrected chi connectivity index (χ2v) is 24.8. The molecule has 0 bridgehead atoms. The number of benzene rings is 4. The topological polar surface area (TPSA) is 114 Å². The van der Waals surface area contributed by atoms with E-state index in [4.69, 9.17) is 18.9 Å². The molecule has 4 aliphatic heterocycles. The number of nitrogens with zero attached hydrogens (tertiary/aromatic N) is 9. The number of aromatic nitrogens is 5. The molecule has 0 saturated carbocycles. The number of pyridine rings is 3. The largest absolute Gasteiger partial charge is 0.473 e. The molecule has 0 aliphatic carbocycles. The summed E-state index contributed by atoms with van der Waals surface area (Å²) in [4.78, 5) is 29.8. The number of hydrogen-bond acceptors (Lipinski definition) is 13. The number of rotatable bonds is 4. The van der Waals surface area contributed by atoms with Gasteiger partial charge in [0.25, 0.3) is 0 Å². The monoisotopic (exact) mass is 1070 g/mol. The highest BCUT2D eigenvalue weighted by Crippen LogP contribution is 2.37. The molecular formula is C67H79N9O4. The molecule has 0 amide bonds. The van der Waals surface area contributed by atoms with Crippen LogP contribution in [-0.4, -0.2) is 51.8 Å². The summed E-state index contributed by atoms with van der Waals surface area (Å²) in [5.41, 5.74) is 13.1. The minimum atomic E-state index is 0.139. The first-order valence-corrected chi connectivity index (χ1v) is 27.7. The van der Waals surface area contributed by atoms with Crippen LogP contribution in [0.25, 0.3) is 0 Å². The average Bonchev–Trinajstić information content (AvgIpc) is 3.51. The Balaban J connectivity index is 0.000000129. The van der Waals surface area contributed by atoms with Gasteiger partial charge in [0.1, 0.15) is 28.8 Å². The summed E-state index contributed by atoms with van der Waals surface area (Å²) in [7, 11) is 0. The molecule has 0 atom stereocenters. The summed E-state index contributed by atoms with van der Waals surface area (Å²) >= 11 is 0. The lowest BCUT2D eigenvalue weighted by molar-refractivity contribution is 0.286. The molecule has 0 spiro atoms. The van der Waals surface area contributed by atoms with Crippen LogP contribution in [0.3, 0.4) is 0 Å². The van der Waals surface area contributed by atoms with E-state index < -0.39 is 0 Å². The Kier molecular flexibility index (Phi) is 17.0. The smallest absolute Gasteiger partial charge is 0.228 e. The van der Waals surface area contributed by atoms with Gasteiger partial charge < -0.3 is 38.5 Å². The Morgan fingerprint density at radius 3 is 1.15 bits per heavy atom. The molecule has 0 saturated heterocycles. The molecule has 4 aromatic heterocycles. The minimum absolute atomic E-state index is 0.139. The van der Waals surface area contributed by atoms with Gasteiger partial charge in [-0.25, -0.2) is 15.0 Å². The van der Waals surface area contributed by atoms with Crippen molar-refractivity contribution in [1.82, 2.24) is 24.9 Å². The van der Waals surface area contributed by atoms with Crippen LogP contribution in [0.15, 0.2) is 165 Å². The van der Waals surface area contributed by atoms with Crippen molar-refractivity contribution < 1.29 is 18.9 Å². The zero-order valence-electron chi connectivity index (χ0n) is 48.9. The standard InChI is InChI=1S/3C17H20N2O.C16H19N3O/c1-17(2,3)14-4-5-16-13(10-14)11-19(12-20-16)15-6-8-18-9-7-15;1-17(2,3)14-6-7-16-13(9-14)11-19(12-20-16)15-5-4-8-18-10-15;1-17(2,3)14-7-8-15-13(10-14)11-19(12-20-15)16-6-4-5-9-18-16;1-16(2,3)13-5-6-14-12(9-13)10-19(11-20-14)15-17-7-4-8-18-15/h3*4-10H,11-12H2,1-3H3;4-9H,10-11H2,1-3H3. The Hall–Kier alpha value is -8.19. The highest BCUT2D eigenvalue weighted by Gasteiger charge is 2.26. The fraction of sp³-hybridized carbons (Fsp3) is 0.358. The Morgan fingerprint density at radius 2 is 0.738 bits per heavy atom. The first kappa shape index (κ1) is 56.5. The molecule has 8 heterocycles. The second-order valence-electron chi connectivity index (χ2n) is 24.8. The third kappa shape index (κ3) is 14.3. The van der Waals surface area contributed by atoms with Crippen LogP contribution in [0.4, 0.5) is 23.1 Å². The maximum Gasteiger partial charge on any atom is 0.228 e. The van der Waals surface area contributed by atoms with Crippen molar-refractivity contribution in [2.75, 3.05) is 46.5 Å². The Labute approximate surface area is 474 Å². The molecule has 0 radical (unpaired) electrons. The van der Waals surface area contributed by atoms with Gasteiger partial charge >= 0.3 is 0 Å². The SMILES string of the molecule is CC(C)(C)c1ccc2c(c1)CN(c1ccccn1)CO2.CC(C)(C)c1ccc2c(c1)CN(c1cccnc1)CO2.CC(C)(C)c1ccc2c(c1)CN(c1ccncc1)CO2.CC(C)(C)c1ccc2c(c1)CN(c1ncccn1)CO2. The quantitative estimate of drug-likeness (QED) is 0.167. The van der Waals surface area contributed by atoms with Crippen molar-refractivity contribution in [3.8, 4) is 23.0 Å². The van der Waals surface area contributed by atoms with E-state index in [1.54, 1.807) is 18.6 Å². The fourth-order valence-electron chi connectivity index (χ4n) is 9.53. The maximum absolute atomic E-state index is 5.86. The van der Waals surface area contributed by atoms with Crippen LogP contribution < -0.4 is 38.5 Å². The average molecular weight is 1070 g/mol. The molecule has 8 aromatic rings. The zero-order chi connectivity index (χ0) is 56.7. The van der Waals surface area contributed by atoms with Crippen molar-refractivity contribution in [3.05, 3.63) is 209 Å². The summed E-state index contributed by atoms with van der Waals surface area (Å²) < 4.78 is 23.4. The van der Waals surface area contributed by atoms with Crippen molar-refractivity contribution in [2.45, 2.75) is 131 Å². The van der Waals surface area contributed by atoms with Crippen LogP contribution in [0, 0.1) is 0 Å². The summed E-state index contributed by atoms with van der Waals surface area (Å²) in [6.45, 7) is 32.3. The minimum Gasteiger partial charge on any atom is -0.473 e. The van der Waals surface area contributed by atoms with Crippen LogP contribution in [0.1, 0.15) is 128 Å². The van der Waals surface area contributed by atoms with Crippen molar-refractivity contribution in [2.24, 2.45) is 0 Å². The highest BCUT2D eigenvalue weighted by atomic mass is 16.5. The number of hydrogen-bond donors (Lipinski definition) is 0. The normalized spacial score (nSPS) is 14.7. The van der Waals surface area contributed by atoms with Gasteiger partial charge in [0.15, 0.2) is 26.9 Å². The molecule has 4 aliphatic rings. The molecule has 12 rings (SSSR count). The van der Waals surface area contributed by atoms with Gasteiger partial charge in [-0.2, -0.15) is 0 Å². The first-order chi connectivity index (χ1) is 38.2. The molecule has 80 heavy (non-hydrogen) atoms. The Bertz CT molecular complexity index is 2860.